The van der Waals surface area contributed by atoms with Gasteiger partial charge in [0.2, 0.25) is 5.95 Å². The van der Waals surface area contributed by atoms with Gasteiger partial charge in [0, 0.05) is 5.71 Å². The van der Waals surface area contributed by atoms with Crippen molar-refractivity contribution in [2.75, 3.05) is 5.43 Å². The van der Waals surface area contributed by atoms with Crippen molar-refractivity contribution in [3.8, 4) is 0 Å². The fraction of sp³-hybridized carbons (Fsp3) is 0.733. The summed E-state index contributed by atoms with van der Waals surface area (Å²) in [4.78, 5) is 14.0. The Morgan fingerprint density at radius 3 is 2.57 bits per heavy atom. The minimum absolute atomic E-state index is 0.235. The lowest BCUT2D eigenvalue weighted by atomic mass is 9.69. The predicted molar refractivity (Wildman–Crippen MR) is 84.5 cm³/mol. The molecule has 2 N–H and O–H groups in total. The van der Waals surface area contributed by atoms with E-state index in [1.54, 1.807) is 6.92 Å². The highest BCUT2D eigenvalue weighted by Crippen LogP contribution is 2.39. The quantitative estimate of drug-likeness (QED) is 0.836. The van der Waals surface area contributed by atoms with E-state index in [2.05, 4.69) is 46.5 Å². The van der Waals surface area contributed by atoms with Gasteiger partial charge < -0.3 is 0 Å². The van der Waals surface area contributed by atoms with Crippen LogP contribution in [0.3, 0.4) is 0 Å². The molecule has 1 fully saturated rings. The number of aryl methyl sites for hydroxylation is 1. The number of rotatable bonds is 4. The Morgan fingerprint density at radius 2 is 2.00 bits per heavy atom. The lowest BCUT2D eigenvalue weighted by Gasteiger charge is -2.36. The standard InChI is InChI=1S/C15H25N5O/c1-5-15(3,4)11-6-8-12(9-7-11)18-20-14-16-13(21)10(2)17-19-14/h11H,5-9H2,1-4H3,(H2,16,19,20,21). The van der Waals surface area contributed by atoms with Crippen molar-refractivity contribution in [3.63, 3.8) is 0 Å². The van der Waals surface area contributed by atoms with Gasteiger partial charge in [0.05, 0.1) is 0 Å². The SMILES string of the molecule is CCC(C)(C)C1CCC(=NNc2nnc(C)c(=O)[nH]2)CC1. The Balaban J connectivity index is 1.93. The van der Waals surface area contributed by atoms with Gasteiger partial charge in [0.15, 0.2) is 0 Å². The van der Waals surface area contributed by atoms with Crippen LogP contribution in [0, 0.1) is 18.3 Å². The summed E-state index contributed by atoms with van der Waals surface area (Å²) in [5.74, 6) is 1.06. The Morgan fingerprint density at radius 1 is 1.33 bits per heavy atom. The molecule has 0 bridgehead atoms. The van der Waals surface area contributed by atoms with Crippen molar-refractivity contribution in [2.45, 2.75) is 59.8 Å². The van der Waals surface area contributed by atoms with Crippen LogP contribution in [-0.2, 0) is 0 Å². The topological polar surface area (TPSA) is 83.0 Å². The third-order valence-electron chi connectivity index (χ3n) is 4.76. The molecule has 2 rings (SSSR count). The van der Waals surface area contributed by atoms with Crippen molar-refractivity contribution in [1.82, 2.24) is 15.2 Å². The molecule has 0 radical (unpaired) electrons. The maximum Gasteiger partial charge on any atom is 0.274 e. The summed E-state index contributed by atoms with van der Waals surface area (Å²) in [7, 11) is 0. The molecule has 21 heavy (non-hydrogen) atoms. The zero-order valence-corrected chi connectivity index (χ0v) is 13.4. The summed E-state index contributed by atoms with van der Waals surface area (Å²) in [5.41, 5.74) is 4.48. The number of H-pyrrole nitrogens is 1. The first-order valence-corrected chi connectivity index (χ1v) is 7.67. The summed E-state index contributed by atoms with van der Waals surface area (Å²) in [5, 5.41) is 12.0. The van der Waals surface area contributed by atoms with Gasteiger partial charge in [-0.25, -0.2) is 5.43 Å². The van der Waals surface area contributed by atoms with Crippen LogP contribution in [0.2, 0.25) is 0 Å². The number of hydrogen-bond donors (Lipinski definition) is 2. The summed E-state index contributed by atoms with van der Waals surface area (Å²) < 4.78 is 0. The largest absolute Gasteiger partial charge is 0.288 e. The van der Waals surface area contributed by atoms with Gasteiger partial charge in [0.25, 0.3) is 5.56 Å². The molecule has 116 valence electrons. The molecule has 1 heterocycles. The van der Waals surface area contributed by atoms with Gasteiger partial charge in [-0.2, -0.15) is 5.10 Å². The summed E-state index contributed by atoms with van der Waals surface area (Å²) in [6.07, 6.45) is 5.58. The van der Waals surface area contributed by atoms with Crippen LogP contribution < -0.4 is 11.0 Å². The second kappa shape index (κ2) is 6.37. The maximum atomic E-state index is 11.4. The minimum Gasteiger partial charge on any atom is -0.288 e. The van der Waals surface area contributed by atoms with Crippen molar-refractivity contribution >= 4 is 11.7 Å². The fourth-order valence-corrected chi connectivity index (χ4v) is 2.71. The van der Waals surface area contributed by atoms with E-state index in [1.165, 1.54) is 19.3 Å². The Hall–Kier alpha value is -1.72. The van der Waals surface area contributed by atoms with Crippen molar-refractivity contribution in [3.05, 3.63) is 16.0 Å². The molecule has 0 spiro atoms. The third kappa shape index (κ3) is 3.89. The van der Waals surface area contributed by atoms with Crippen LogP contribution in [-0.4, -0.2) is 20.9 Å². The number of hydrazone groups is 1. The monoisotopic (exact) mass is 291 g/mol. The molecule has 0 atom stereocenters. The van der Waals surface area contributed by atoms with Crippen LogP contribution in [0.1, 0.15) is 58.6 Å². The van der Waals surface area contributed by atoms with Gasteiger partial charge >= 0.3 is 0 Å². The molecule has 1 aromatic heterocycles. The molecule has 0 amide bonds. The van der Waals surface area contributed by atoms with Crippen molar-refractivity contribution < 1.29 is 0 Å². The van der Waals surface area contributed by atoms with Crippen LogP contribution in [0.4, 0.5) is 5.95 Å². The van der Waals surface area contributed by atoms with E-state index in [4.69, 9.17) is 0 Å². The number of nitrogens with zero attached hydrogens (tertiary/aromatic N) is 3. The van der Waals surface area contributed by atoms with E-state index in [0.717, 1.165) is 24.5 Å². The van der Waals surface area contributed by atoms with E-state index >= 15 is 0 Å². The second-order valence-electron chi connectivity index (χ2n) is 6.49. The van der Waals surface area contributed by atoms with Crippen LogP contribution in [0.5, 0.6) is 0 Å². The van der Waals surface area contributed by atoms with E-state index in [9.17, 15) is 4.79 Å². The zero-order chi connectivity index (χ0) is 15.5. The second-order valence-corrected chi connectivity index (χ2v) is 6.49. The fourth-order valence-electron chi connectivity index (χ4n) is 2.71. The van der Waals surface area contributed by atoms with Gasteiger partial charge in [-0.1, -0.05) is 27.2 Å². The summed E-state index contributed by atoms with van der Waals surface area (Å²) >= 11 is 0. The van der Waals surface area contributed by atoms with Gasteiger partial charge in [-0.15, -0.1) is 10.2 Å². The number of hydrogen-bond acceptors (Lipinski definition) is 5. The van der Waals surface area contributed by atoms with Crippen LogP contribution >= 0.6 is 0 Å². The Labute approximate surface area is 125 Å². The lowest BCUT2D eigenvalue weighted by molar-refractivity contribution is 0.176. The molecule has 6 heteroatoms. The molecule has 0 aliphatic heterocycles. The first kappa shape index (κ1) is 15.7. The smallest absolute Gasteiger partial charge is 0.274 e. The van der Waals surface area contributed by atoms with Crippen LogP contribution in [0.25, 0.3) is 0 Å². The van der Waals surface area contributed by atoms with Crippen molar-refractivity contribution in [1.29, 1.82) is 0 Å². The average Bonchev–Trinajstić information content (AvgIpc) is 2.49. The van der Waals surface area contributed by atoms with Gasteiger partial charge in [-0.3, -0.25) is 9.78 Å². The normalized spacial score (nSPS) is 19.4. The summed E-state index contributed by atoms with van der Waals surface area (Å²) in [6, 6.07) is 0. The third-order valence-corrected chi connectivity index (χ3v) is 4.76. The molecule has 0 aromatic carbocycles. The van der Waals surface area contributed by atoms with E-state index < -0.39 is 0 Å². The molecule has 1 aromatic rings. The van der Waals surface area contributed by atoms with Gasteiger partial charge in [-0.05, 0) is 43.9 Å². The molecule has 0 unspecified atom stereocenters. The first-order valence-electron chi connectivity index (χ1n) is 7.67. The lowest BCUT2D eigenvalue weighted by Crippen LogP contribution is -2.28. The Kier molecular flexibility index (Phi) is 4.75. The Bertz CT molecular complexity index is 566. The summed E-state index contributed by atoms with van der Waals surface area (Å²) in [6.45, 7) is 8.59. The molecule has 1 saturated carbocycles. The maximum absolute atomic E-state index is 11.4. The molecule has 1 aliphatic rings. The van der Waals surface area contributed by atoms with Gasteiger partial charge in [0.1, 0.15) is 5.69 Å². The molecule has 0 saturated heterocycles. The molecular weight excluding hydrogens is 266 g/mol. The number of nitrogens with one attached hydrogen (secondary N) is 2. The zero-order valence-electron chi connectivity index (χ0n) is 13.4. The van der Waals surface area contributed by atoms with Crippen molar-refractivity contribution in [2.24, 2.45) is 16.4 Å². The number of aromatic amines is 1. The highest BCUT2D eigenvalue weighted by molar-refractivity contribution is 5.85. The first-order chi connectivity index (χ1) is 9.92. The highest BCUT2D eigenvalue weighted by Gasteiger charge is 2.30. The number of aromatic nitrogens is 3. The predicted octanol–water partition coefficient (Wildman–Crippen LogP) is 2.87. The van der Waals surface area contributed by atoms with E-state index in [-0.39, 0.29) is 5.56 Å². The highest BCUT2D eigenvalue weighted by atomic mass is 16.1. The van der Waals surface area contributed by atoms with Crippen LogP contribution in [0.15, 0.2) is 9.90 Å². The molecule has 6 nitrogen and oxygen atoms in total. The number of anilines is 1. The van der Waals surface area contributed by atoms with E-state index in [1.807, 2.05) is 0 Å². The molecular formula is C15H25N5O. The minimum atomic E-state index is -0.235. The molecule has 1 aliphatic carbocycles. The average molecular weight is 291 g/mol. The van der Waals surface area contributed by atoms with E-state index in [0.29, 0.717) is 17.1 Å².